The van der Waals surface area contributed by atoms with Crippen LogP contribution in [0.3, 0.4) is 0 Å². The van der Waals surface area contributed by atoms with Crippen LogP contribution in [0, 0.1) is 11.8 Å². The van der Waals surface area contributed by atoms with Crippen molar-refractivity contribution < 1.29 is 0 Å². The zero-order valence-corrected chi connectivity index (χ0v) is 10.00. The van der Waals surface area contributed by atoms with E-state index in [1.807, 2.05) is 0 Å². The molecule has 0 aromatic heterocycles. The molecule has 2 N–H and O–H groups in total. The monoisotopic (exact) mass is 198 g/mol. The molecule has 0 radical (unpaired) electrons. The van der Waals surface area contributed by atoms with Gasteiger partial charge in [0.1, 0.15) is 0 Å². The van der Waals surface area contributed by atoms with Gasteiger partial charge in [0.25, 0.3) is 0 Å². The summed E-state index contributed by atoms with van der Waals surface area (Å²) in [5, 5.41) is 0. The molecule has 0 spiro atoms. The second-order valence-electron chi connectivity index (χ2n) is 5.41. The number of rotatable bonds is 6. The Morgan fingerprint density at radius 2 is 2.00 bits per heavy atom. The summed E-state index contributed by atoms with van der Waals surface area (Å²) in [4.78, 5) is 2.41. The predicted octanol–water partition coefficient (Wildman–Crippen LogP) is 2.09. The summed E-state index contributed by atoms with van der Waals surface area (Å²) in [5.74, 6) is 1.69. The van der Waals surface area contributed by atoms with Gasteiger partial charge in [0.15, 0.2) is 0 Å². The fraction of sp³-hybridized carbons (Fsp3) is 1.00. The normalized spacial score (nSPS) is 20.1. The Bertz CT molecular complexity index is 152. The number of nitrogens with zero attached hydrogens (tertiary/aromatic N) is 1. The van der Waals surface area contributed by atoms with Gasteiger partial charge in [-0.25, -0.2) is 0 Å². The number of hydrogen-bond acceptors (Lipinski definition) is 2. The molecule has 2 nitrogen and oxygen atoms in total. The highest BCUT2D eigenvalue weighted by Crippen LogP contribution is 2.26. The second kappa shape index (κ2) is 5.72. The van der Waals surface area contributed by atoms with Gasteiger partial charge in [-0.2, -0.15) is 0 Å². The van der Waals surface area contributed by atoms with Gasteiger partial charge in [0, 0.05) is 19.1 Å². The number of likely N-dealkylation sites (N-methyl/N-ethyl adjacent to an activating group) is 1. The maximum absolute atomic E-state index is 6.07. The van der Waals surface area contributed by atoms with Crippen molar-refractivity contribution in [3.05, 3.63) is 0 Å². The Morgan fingerprint density at radius 1 is 1.36 bits per heavy atom. The fourth-order valence-corrected chi connectivity index (χ4v) is 2.27. The molecule has 1 saturated carbocycles. The van der Waals surface area contributed by atoms with Gasteiger partial charge in [0.2, 0.25) is 0 Å². The van der Waals surface area contributed by atoms with Crippen LogP contribution >= 0.6 is 0 Å². The fourth-order valence-electron chi connectivity index (χ4n) is 2.27. The molecular formula is C12H26N2. The van der Waals surface area contributed by atoms with E-state index in [0.29, 0.717) is 6.04 Å². The highest BCUT2D eigenvalue weighted by atomic mass is 15.1. The third-order valence-electron chi connectivity index (χ3n) is 3.11. The second-order valence-corrected chi connectivity index (χ2v) is 5.41. The van der Waals surface area contributed by atoms with Crippen molar-refractivity contribution >= 4 is 0 Å². The molecule has 0 bridgehead atoms. The Balaban J connectivity index is 2.08. The highest BCUT2D eigenvalue weighted by molar-refractivity contribution is 4.75. The van der Waals surface area contributed by atoms with Crippen LogP contribution in [0.4, 0.5) is 0 Å². The minimum Gasteiger partial charge on any atom is -0.327 e. The first-order valence-electron chi connectivity index (χ1n) is 6.02. The Morgan fingerprint density at radius 3 is 2.43 bits per heavy atom. The molecule has 1 unspecified atom stereocenters. The van der Waals surface area contributed by atoms with Crippen molar-refractivity contribution in [2.75, 3.05) is 20.1 Å². The largest absolute Gasteiger partial charge is 0.327 e. The number of hydrogen-bond donors (Lipinski definition) is 1. The zero-order valence-electron chi connectivity index (χ0n) is 10.00. The van der Waals surface area contributed by atoms with E-state index in [2.05, 4.69) is 25.8 Å². The van der Waals surface area contributed by atoms with Crippen LogP contribution in [0.1, 0.15) is 39.5 Å². The molecule has 0 aromatic rings. The van der Waals surface area contributed by atoms with Gasteiger partial charge < -0.3 is 10.6 Å². The molecule has 1 atom stereocenters. The lowest BCUT2D eigenvalue weighted by atomic mass is 9.85. The summed E-state index contributed by atoms with van der Waals surface area (Å²) in [5.41, 5.74) is 6.07. The molecule has 84 valence electrons. The minimum absolute atomic E-state index is 0.361. The van der Waals surface area contributed by atoms with Gasteiger partial charge in [-0.1, -0.05) is 20.3 Å². The van der Waals surface area contributed by atoms with Gasteiger partial charge in [0.05, 0.1) is 0 Å². The molecule has 0 aliphatic heterocycles. The number of nitrogens with two attached hydrogens (primary N) is 1. The molecule has 1 aliphatic carbocycles. The van der Waals surface area contributed by atoms with Crippen LogP contribution < -0.4 is 5.73 Å². The molecule has 1 rings (SSSR count). The Labute approximate surface area is 88.8 Å². The van der Waals surface area contributed by atoms with E-state index >= 15 is 0 Å². The van der Waals surface area contributed by atoms with E-state index in [4.69, 9.17) is 5.73 Å². The quantitative estimate of drug-likeness (QED) is 0.708. The molecule has 1 aliphatic rings. The minimum atomic E-state index is 0.361. The van der Waals surface area contributed by atoms with Crippen LogP contribution in [0.5, 0.6) is 0 Å². The lowest BCUT2D eigenvalue weighted by Crippen LogP contribution is -2.39. The van der Waals surface area contributed by atoms with E-state index in [-0.39, 0.29) is 0 Å². The van der Waals surface area contributed by atoms with Crippen molar-refractivity contribution in [1.82, 2.24) is 4.90 Å². The van der Waals surface area contributed by atoms with E-state index in [1.165, 1.54) is 25.8 Å². The molecule has 1 fully saturated rings. The van der Waals surface area contributed by atoms with Crippen LogP contribution in [0.2, 0.25) is 0 Å². The maximum atomic E-state index is 6.07. The lowest BCUT2D eigenvalue weighted by Gasteiger charge is -2.31. The van der Waals surface area contributed by atoms with E-state index in [0.717, 1.165) is 24.8 Å². The molecule has 0 saturated heterocycles. The Hall–Kier alpha value is -0.0800. The van der Waals surface area contributed by atoms with Crippen LogP contribution in [0.15, 0.2) is 0 Å². The predicted molar refractivity (Wildman–Crippen MR) is 62.3 cm³/mol. The molecule has 0 amide bonds. The summed E-state index contributed by atoms with van der Waals surface area (Å²) in [6, 6.07) is 0.361. The Kier molecular flexibility index (Phi) is 4.90. The summed E-state index contributed by atoms with van der Waals surface area (Å²) >= 11 is 0. The topological polar surface area (TPSA) is 29.3 Å². The SMILES string of the molecule is CC(C)CC(N)CN(C)CC1CCC1. The summed E-state index contributed by atoms with van der Waals surface area (Å²) < 4.78 is 0. The molecule has 14 heavy (non-hydrogen) atoms. The standard InChI is InChI=1S/C12H26N2/c1-10(2)7-12(13)9-14(3)8-11-5-4-6-11/h10-12H,4-9,13H2,1-3H3. The average Bonchev–Trinajstić information content (AvgIpc) is 1.94. The van der Waals surface area contributed by atoms with Crippen molar-refractivity contribution in [2.24, 2.45) is 17.6 Å². The third-order valence-corrected chi connectivity index (χ3v) is 3.11. The van der Waals surface area contributed by atoms with Crippen molar-refractivity contribution in [3.63, 3.8) is 0 Å². The summed E-state index contributed by atoms with van der Waals surface area (Å²) in [6.07, 6.45) is 5.46. The third kappa shape index (κ3) is 4.43. The maximum Gasteiger partial charge on any atom is 0.0170 e. The summed E-state index contributed by atoms with van der Waals surface area (Å²) in [6.45, 7) is 6.80. The van der Waals surface area contributed by atoms with Gasteiger partial charge in [-0.05, 0) is 38.1 Å². The van der Waals surface area contributed by atoms with Gasteiger partial charge >= 0.3 is 0 Å². The van der Waals surface area contributed by atoms with Crippen molar-refractivity contribution in [2.45, 2.75) is 45.6 Å². The van der Waals surface area contributed by atoms with Crippen molar-refractivity contribution in [1.29, 1.82) is 0 Å². The smallest absolute Gasteiger partial charge is 0.0170 e. The van der Waals surface area contributed by atoms with E-state index in [9.17, 15) is 0 Å². The van der Waals surface area contributed by atoms with Crippen molar-refractivity contribution in [3.8, 4) is 0 Å². The van der Waals surface area contributed by atoms with E-state index in [1.54, 1.807) is 0 Å². The highest BCUT2D eigenvalue weighted by Gasteiger charge is 2.19. The van der Waals surface area contributed by atoms with E-state index < -0.39 is 0 Å². The summed E-state index contributed by atoms with van der Waals surface area (Å²) in [7, 11) is 2.21. The van der Waals surface area contributed by atoms with Crippen LogP contribution in [-0.2, 0) is 0 Å². The van der Waals surface area contributed by atoms with Crippen LogP contribution in [0.25, 0.3) is 0 Å². The molecule has 2 heteroatoms. The first-order valence-corrected chi connectivity index (χ1v) is 6.02. The molecule has 0 aromatic carbocycles. The molecule has 0 heterocycles. The average molecular weight is 198 g/mol. The first-order chi connectivity index (χ1) is 6.58. The van der Waals surface area contributed by atoms with Gasteiger partial charge in [-0.15, -0.1) is 0 Å². The first kappa shape index (κ1) is 12.0. The van der Waals surface area contributed by atoms with Gasteiger partial charge in [-0.3, -0.25) is 0 Å². The molecular weight excluding hydrogens is 172 g/mol. The lowest BCUT2D eigenvalue weighted by molar-refractivity contribution is 0.194. The zero-order chi connectivity index (χ0) is 10.6. The van der Waals surface area contributed by atoms with Crippen LogP contribution in [-0.4, -0.2) is 31.1 Å².